The van der Waals surface area contributed by atoms with E-state index in [4.69, 9.17) is 8.92 Å². The Morgan fingerprint density at radius 2 is 1.91 bits per heavy atom. The van der Waals surface area contributed by atoms with Crippen LogP contribution in [0.1, 0.15) is 38.7 Å². The smallest absolute Gasteiger partial charge is 0.306 e. The minimum atomic E-state index is -3.52. The first kappa shape index (κ1) is 15.6. The summed E-state index contributed by atoms with van der Waals surface area (Å²) in [5.41, 5.74) is 0.799. The van der Waals surface area contributed by atoms with Crippen molar-refractivity contribution >= 4 is 10.1 Å². The van der Waals surface area contributed by atoms with Gasteiger partial charge in [-0.3, -0.25) is 4.90 Å². The fraction of sp³-hybridized carbons (Fsp3) is 0.625. The molecule has 1 saturated heterocycles. The third kappa shape index (κ3) is 2.94. The lowest BCUT2D eigenvalue weighted by atomic mass is 9.83. The van der Waals surface area contributed by atoms with Crippen molar-refractivity contribution in [3.8, 4) is 11.5 Å². The summed E-state index contributed by atoms with van der Waals surface area (Å²) in [5, 5.41) is 0. The van der Waals surface area contributed by atoms with E-state index in [1.54, 1.807) is 12.1 Å². The number of ether oxygens (including phenoxy) is 1. The zero-order valence-electron chi connectivity index (χ0n) is 13.3. The molecule has 0 bridgehead atoms. The van der Waals surface area contributed by atoms with Crippen molar-refractivity contribution in [3.05, 3.63) is 23.8 Å². The van der Waals surface area contributed by atoms with Gasteiger partial charge in [-0.2, -0.15) is 8.42 Å². The van der Waals surface area contributed by atoms with Gasteiger partial charge in [0.2, 0.25) is 0 Å². The fourth-order valence-electron chi connectivity index (χ4n) is 3.43. The van der Waals surface area contributed by atoms with E-state index in [9.17, 15) is 8.42 Å². The Kier molecular flexibility index (Phi) is 3.85. The minimum absolute atomic E-state index is 0.00344. The number of likely N-dealkylation sites (tertiary alicyclic amines) is 1. The molecule has 0 aliphatic carbocycles. The molecule has 1 unspecified atom stereocenters. The number of hydrogen-bond acceptors (Lipinski definition) is 5. The molecule has 0 amide bonds. The van der Waals surface area contributed by atoms with E-state index >= 15 is 0 Å². The highest BCUT2D eigenvalue weighted by Gasteiger charge is 2.45. The van der Waals surface area contributed by atoms with Gasteiger partial charge in [-0.15, -0.1) is 0 Å². The third-order valence-corrected chi connectivity index (χ3v) is 4.97. The van der Waals surface area contributed by atoms with Crippen LogP contribution < -0.4 is 8.92 Å². The highest BCUT2D eigenvalue weighted by molar-refractivity contribution is 7.86. The van der Waals surface area contributed by atoms with Crippen LogP contribution in [-0.4, -0.2) is 38.9 Å². The van der Waals surface area contributed by atoms with Gasteiger partial charge < -0.3 is 8.92 Å². The molecule has 0 aromatic heterocycles. The first-order valence-electron chi connectivity index (χ1n) is 7.72. The number of fused-ring (bicyclic) bond motifs is 1. The lowest BCUT2D eigenvalue weighted by Crippen LogP contribution is -2.49. The van der Waals surface area contributed by atoms with E-state index < -0.39 is 10.1 Å². The number of nitrogens with zero attached hydrogens (tertiary/aromatic N) is 1. The second kappa shape index (κ2) is 5.42. The van der Waals surface area contributed by atoms with Crippen LogP contribution >= 0.6 is 0 Å². The largest absolute Gasteiger partial charge is 0.474 e. The van der Waals surface area contributed by atoms with Gasteiger partial charge in [0.1, 0.15) is 11.5 Å². The molecule has 0 radical (unpaired) electrons. The lowest BCUT2D eigenvalue weighted by Gasteiger charge is -2.38. The molecule has 0 N–H and O–H groups in total. The summed E-state index contributed by atoms with van der Waals surface area (Å²) in [5.74, 6) is 1.17. The lowest BCUT2D eigenvalue weighted by molar-refractivity contribution is -0.0131. The van der Waals surface area contributed by atoms with E-state index in [1.807, 2.05) is 6.07 Å². The summed E-state index contributed by atoms with van der Waals surface area (Å²) >= 11 is 0. The second-order valence-electron chi connectivity index (χ2n) is 6.73. The van der Waals surface area contributed by atoms with Gasteiger partial charge in [0, 0.05) is 24.1 Å². The molecule has 6 heteroatoms. The first-order chi connectivity index (χ1) is 10.3. The summed E-state index contributed by atoms with van der Waals surface area (Å²) in [6.45, 7) is 6.38. The van der Waals surface area contributed by atoms with Crippen LogP contribution in [0.2, 0.25) is 0 Å². The Bertz CT molecular complexity index is 663. The summed E-state index contributed by atoms with van der Waals surface area (Å²) in [6, 6.07) is 5.25. The molecule has 2 aliphatic rings. The van der Waals surface area contributed by atoms with Crippen LogP contribution in [0.5, 0.6) is 11.5 Å². The van der Waals surface area contributed by atoms with Gasteiger partial charge in [-0.05, 0) is 31.0 Å². The van der Waals surface area contributed by atoms with Crippen molar-refractivity contribution < 1.29 is 17.3 Å². The molecule has 1 fully saturated rings. The van der Waals surface area contributed by atoms with E-state index in [-0.39, 0.29) is 11.6 Å². The van der Waals surface area contributed by atoms with Crippen molar-refractivity contribution in [2.45, 2.75) is 44.8 Å². The minimum Gasteiger partial charge on any atom is -0.474 e. The first-order valence-corrected chi connectivity index (χ1v) is 9.54. The Morgan fingerprint density at radius 1 is 1.23 bits per heavy atom. The Labute approximate surface area is 132 Å². The van der Waals surface area contributed by atoms with E-state index in [2.05, 4.69) is 18.7 Å². The molecule has 22 heavy (non-hydrogen) atoms. The van der Waals surface area contributed by atoms with Crippen LogP contribution in [0.3, 0.4) is 0 Å². The number of hydrogen-bond donors (Lipinski definition) is 0. The normalized spacial score (nSPS) is 24.6. The third-order valence-electron chi connectivity index (χ3n) is 4.47. The van der Waals surface area contributed by atoms with Crippen LogP contribution in [0, 0.1) is 0 Å². The average molecular weight is 325 g/mol. The number of rotatable bonds is 3. The maximum Gasteiger partial charge on any atom is 0.306 e. The summed E-state index contributed by atoms with van der Waals surface area (Å²) in [7, 11) is -3.52. The molecule has 122 valence electrons. The molecule has 3 rings (SSSR count). The maximum atomic E-state index is 11.3. The zero-order valence-corrected chi connectivity index (χ0v) is 14.1. The summed E-state index contributed by atoms with van der Waals surface area (Å²) in [6.07, 6.45) is 4.74. The Hall–Kier alpha value is -1.27. The molecule has 1 atom stereocenters. The van der Waals surface area contributed by atoms with Gasteiger partial charge >= 0.3 is 10.1 Å². The van der Waals surface area contributed by atoms with Gasteiger partial charge in [0.05, 0.1) is 6.26 Å². The van der Waals surface area contributed by atoms with Crippen LogP contribution in [0.4, 0.5) is 0 Å². The van der Waals surface area contributed by atoms with E-state index in [0.717, 1.165) is 30.7 Å². The highest BCUT2D eigenvalue weighted by Crippen LogP contribution is 2.45. The molecular formula is C16H23NO4S. The average Bonchev–Trinajstić information content (AvgIpc) is 2.70. The van der Waals surface area contributed by atoms with Gasteiger partial charge in [-0.25, -0.2) is 0 Å². The number of benzene rings is 1. The van der Waals surface area contributed by atoms with Crippen molar-refractivity contribution in [1.82, 2.24) is 4.90 Å². The SMILES string of the molecule is CC1(C)c2cc(OS(C)(=O)=O)ccc2OC1N1CCCCC1. The van der Waals surface area contributed by atoms with Crippen LogP contribution in [0.25, 0.3) is 0 Å². The molecule has 1 aromatic carbocycles. The number of piperidine rings is 1. The van der Waals surface area contributed by atoms with Crippen molar-refractivity contribution in [1.29, 1.82) is 0 Å². The van der Waals surface area contributed by atoms with Crippen LogP contribution in [0.15, 0.2) is 18.2 Å². The molecule has 2 heterocycles. The van der Waals surface area contributed by atoms with Crippen molar-refractivity contribution in [2.75, 3.05) is 19.3 Å². The highest BCUT2D eigenvalue weighted by atomic mass is 32.2. The second-order valence-corrected chi connectivity index (χ2v) is 8.31. The van der Waals surface area contributed by atoms with Gasteiger partial charge in [0.25, 0.3) is 0 Å². The van der Waals surface area contributed by atoms with Crippen molar-refractivity contribution in [2.24, 2.45) is 0 Å². The predicted octanol–water partition coefficient (Wildman–Crippen LogP) is 2.51. The fourth-order valence-corrected chi connectivity index (χ4v) is 3.88. The molecule has 1 aromatic rings. The summed E-state index contributed by atoms with van der Waals surface area (Å²) < 4.78 is 33.8. The molecule has 0 saturated carbocycles. The van der Waals surface area contributed by atoms with Crippen LogP contribution in [-0.2, 0) is 15.5 Å². The quantitative estimate of drug-likeness (QED) is 0.799. The summed E-state index contributed by atoms with van der Waals surface area (Å²) in [4.78, 5) is 2.39. The zero-order chi connectivity index (χ0) is 16.0. The monoisotopic (exact) mass is 325 g/mol. The topological polar surface area (TPSA) is 55.8 Å². The molecule has 2 aliphatic heterocycles. The Morgan fingerprint density at radius 3 is 2.55 bits per heavy atom. The molecule has 5 nitrogen and oxygen atoms in total. The standard InChI is InChI=1S/C16H23NO4S/c1-16(2)13-11-12(21-22(3,18)19)7-8-14(13)20-15(16)17-9-5-4-6-10-17/h7-8,11,15H,4-6,9-10H2,1-3H3. The molecule has 0 spiro atoms. The van der Waals surface area contributed by atoms with E-state index in [0.29, 0.717) is 5.75 Å². The van der Waals surface area contributed by atoms with E-state index in [1.165, 1.54) is 19.3 Å². The predicted molar refractivity (Wildman–Crippen MR) is 84.8 cm³/mol. The Balaban J connectivity index is 1.89. The van der Waals surface area contributed by atoms with Gasteiger partial charge in [0.15, 0.2) is 6.23 Å². The maximum absolute atomic E-state index is 11.3. The van der Waals surface area contributed by atoms with Crippen molar-refractivity contribution in [3.63, 3.8) is 0 Å². The molecular weight excluding hydrogens is 302 g/mol. The van der Waals surface area contributed by atoms with Gasteiger partial charge in [-0.1, -0.05) is 20.3 Å².